The number of aliphatic hydroxyl groups is 1. The average molecular weight is 380 g/mol. The van der Waals surface area contributed by atoms with Crippen LogP contribution in [0.15, 0.2) is 34.8 Å². The molecule has 1 atom stereocenters. The van der Waals surface area contributed by atoms with E-state index in [9.17, 15) is 9.50 Å². The molecule has 0 bridgehead atoms. The van der Waals surface area contributed by atoms with Crippen molar-refractivity contribution in [2.75, 3.05) is 7.11 Å². The van der Waals surface area contributed by atoms with Crippen molar-refractivity contribution in [1.29, 1.82) is 0 Å². The maximum absolute atomic E-state index is 13.1. The molecular formula is C14H10BrCl2FO2. The Morgan fingerprint density at radius 1 is 1.15 bits per heavy atom. The summed E-state index contributed by atoms with van der Waals surface area (Å²) in [5.41, 5.74) is 0.916. The van der Waals surface area contributed by atoms with Crippen molar-refractivity contribution in [3.63, 3.8) is 0 Å². The Kier molecular flexibility index (Phi) is 4.91. The lowest BCUT2D eigenvalue weighted by Gasteiger charge is -2.16. The van der Waals surface area contributed by atoms with Gasteiger partial charge < -0.3 is 9.84 Å². The van der Waals surface area contributed by atoms with E-state index in [1.54, 1.807) is 0 Å². The largest absolute Gasteiger partial charge is 0.495 e. The van der Waals surface area contributed by atoms with Crippen molar-refractivity contribution in [3.8, 4) is 5.75 Å². The molecule has 2 rings (SSSR count). The molecule has 0 aliphatic carbocycles. The van der Waals surface area contributed by atoms with Gasteiger partial charge in [0.2, 0.25) is 0 Å². The van der Waals surface area contributed by atoms with Gasteiger partial charge in [0.05, 0.1) is 17.2 Å². The number of benzene rings is 2. The molecule has 2 aromatic carbocycles. The van der Waals surface area contributed by atoms with E-state index < -0.39 is 11.9 Å². The van der Waals surface area contributed by atoms with E-state index in [0.29, 0.717) is 31.4 Å². The van der Waals surface area contributed by atoms with Crippen LogP contribution < -0.4 is 4.74 Å². The molecule has 6 heteroatoms. The summed E-state index contributed by atoms with van der Waals surface area (Å²) < 4.78 is 18.6. The van der Waals surface area contributed by atoms with Crippen LogP contribution in [0.4, 0.5) is 4.39 Å². The summed E-state index contributed by atoms with van der Waals surface area (Å²) in [6.45, 7) is 0. The Bertz CT molecular complexity index is 649. The van der Waals surface area contributed by atoms with Crippen LogP contribution in [0.3, 0.4) is 0 Å². The Labute approximate surface area is 134 Å². The summed E-state index contributed by atoms with van der Waals surface area (Å²) in [7, 11) is 1.48. The maximum atomic E-state index is 13.1. The van der Waals surface area contributed by atoms with E-state index in [2.05, 4.69) is 15.9 Å². The normalized spacial score (nSPS) is 12.3. The van der Waals surface area contributed by atoms with E-state index in [0.717, 1.165) is 0 Å². The predicted molar refractivity (Wildman–Crippen MR) is 81.2 cm³/mol. The highest BCUT2D eigenvalue weighted by Gasteiger charge is 2.19. The van der Waals surface area contributed by atoms with Gasteiger partial charge in [0.1, 0.15) is 17.7 Å². The van der Waals surface area contributed by atoms with Crippen LogP contribution in [0, 0.1) is 5.82 Å². The number of aliphatic hydroxyl groups excluding tert-OH is 1. The van der Waals surface area contributed by atoms with Gasteiger partial charge in [-0.15, -0.1) is 0 Å². The van der Waals surface area contributed by atoms with Crippen LogP contribution >= 0.6 is 39.1 Å². The second kappa shape index (κ2) is 6.31. The van der Waals surface area contributed by atoms with E-state index in [1.165, 1.54) is 37.4 Å². The predicted octanol–water partition coefficient (Wildman–Crippen LogP) is 4.99. The molecule has 0 spiro atoms. The Morgan fingerprint density at radius 3 is 2.45 bits per heavy atom. The Balaban J connectivity index is 2.48. The minimum absolute atomic E-state index is 0.315. The zero-order chi connectivity index (χ0) is 14.9. The van der Waals surface area contributed by atoms with Gasteiger partial charge in [-0.2, -0.15) is 0 Å². The Morgan fingerprint density at radius 2 is 1.85 bits per heavy atom. The van der Waals surface area contributed by atoms with Crippen LogP contribution in [0.5, 0.6) is 5.75 Å². The molecule has 0 heterocycles. The smallest absolute Gasteiger partial charge is 0.138 e. The van der Waals surface area contributed by atoms with Gasteiger partial charge in [-0.05, 0) is 23.8 Å². The summed E-state index contributed by atoms with van der Waals surface area (Å²) in [6.07, 6.45) is -1.03. The highest BCUT2D eigenvalue weighted by atomic mass is 79.9. The maximum Gasteiger partial charge on any atom is 0.138 e. The fraction of sp³-hybridized carbons (Fsp3) is 0.143. The molecule has 2 nitrogen and oxygen atoms in total. The zero-order valence-electron chi connectivity index (χ0n) is 10.3. The fourth-order valence-corrected chi connectivity index (χ4v) is 2.87. The lowest BCUT2D eigenvalue weighted by molar-refractivity contribution is 0.219. The lowest BCUT2D eigenvalue weighted by atomic mass is 10.0. The summed E-state index contributed by atoms with van der Waals surface area (Å²) in [5.74, 6) is 0.0254. The van der Waals surface area contributed by atoms with Crippen molar-refractivity contribution in [1.82, 2.24) is 0 Å². The number of methoxy groups -OCH3 is 1. The van der Waals surface area contributed by atoms with Crippen LogP contribution in [-0.4, -0.2) is 12.2 Å². The van der Waals surface area contributed by atoms with Crippen molar-refractivity contribution in [2.45, 2.75) is 6.10 Å². The number of halogens is 4. The molecule has 1 unspecified atom stereocenters. The van der Waals surface area contributed by atoms with E-state index in [4.69, 9.17) is 27.9 Å². The molecule has 0 fully saturated rings. The molecule has 0 saturated carbocycles. The zero-order valence-corrected chi connectivity index (χ0v) is 13.4. The van der Waals surface area contributed by atoms with Gasteiger partial charge in [-0.3, -0.25) is 0 Å². The molecule has 2 aromatic rings. The summed E-state index contributed by atoms with van der Waals surface area (Å²) in [5, 5.41) is 11.0. The number of hydrogen-bond donors (Lipinski definition) is 1. The minimum atomic E-state index is -1.03. The van der Waals surface area contributed by atoms with Gasteiger partial charge in [0.15, 0.2) is 0 Å². The molecular weight excluding hydrogens is 370 g/mol. The first-order valence-corrected chi connectivity index (χ1v) is 7.15. The standard InChI is InChI=1S/C14H10BrCl2FO2/c1-20-13-6-11(16)9(5-12(13)17)14(19)8-3-2-7(18)4-10(8)15/h2-6,14,19H,1H3. The molecule has 0 aliphatic heterocycles. The SMILES string of the molecule is COc1cc(Cl)c(C(O)c2ccc(F)cc2Br)cc1Cl. The monoisotopic (exact) mass is 378 g/mol. The van der Waals surface area contributed by atoms with Crippen molar-refractivity contribution in [2.24, 2.45) is 0 Å². The summed E-state index contributed by atoms with van der Waals surface area (Å²) in [6, 6.07) is 7.08. The van der Waals surface area contributed by atoms with E-state index in [1.807, 2.05) is 0 Å². The quantitative estimate of drug-likeness (QED) is 0.814. The highest BCUT2D eigenvalue weighted by Crippen LogP contribution is 2.38. The second-order valence-corrected chi connectivity index (χ2v) is 5.75. The highest BCUT2D eigenvalue weighted by molar-refractivity contribution is 9.10. The number of ether oxygens (including phenoxy) is 1. The first kappa shape index (κ1) is 15.6. The van der Waals surface area contributed by atoms with Gasteiger partial charge in [0.25, 0.3) is 0 Å². The first-order valence-electron chi connectivity index (χ1n) is 5.60. The Hall–Kier alpha value is -0.810. The van der Waals surface area contributed by atoms with Crippen molar-refractivity contribution >= 4 is 39.1 Å². The minimum Gasteiger partial charge on any atom is -0.495 e. The van der Waals surface area contributed by atoms with Gasteiger partial charge in [-0.1, -0.05) is 45.2 Å². The summed E-state index contributed by atoms with van der Waals surface area (Å²) in [4.78, 5) is 0. The number of rotatable bonds is 3. The van der Waals surface area contributed by atoms with Gasteiger partial charge in [0, 0.05) is 16.1 Å². The third-order valence-corrected chi connectivity index (χ3v) is 4.13. The molecule has 0 saturated heterocycles. The molecule has 1 N–H and O–H groups in total. The third-order valence-electron chi connectivity index (χ3n) is 2.82. The third kappa shape index (κ3) is 3.09. The van der Waals surface area contributed by atoms with Gasteiger partial charge in [-0.25, -0.2) is 4.39 Å². The van der Waals surface area contributed by atoms with Crippen LogP contribution in [0.1, 0.15) is 17.2 Å². The van der Waals surface area contributed by atoms with E-state index >= 15 is 0 Å². The molecule has 20 heavy (non-hydrogen) atoms. The average Bonchev–Trinajstić information content (AvgIpc) is 2.40. The first-order chi connectivity index (χ1) is 9.43. The molecule has 0 aliphatic rings. The summed E-state index contributed by atoms with van der Waals surface area (Å²) >= 11 is 15.4. The topological polar surface area (TPSA) is 29.5 Å². The fourth-order valence-electron chi connectivity index (χ4n) is 1.80. The lowest BCUT2D eigenvalue weighted by Crippen LogP contribution is -2.02. The van der Waals surface area contributed by atoms with Crippen molar-refractivity contribution in [3.05, 3.63) is 61.8 Å². The molecule has 0 aromatic heterocycles. The molecule has 106 valence electrons. The van der Waals surface area contributed by atoms with E-state index in [-0.39, 0.29) is 0 Å². The van der Waals surface area contributed by atoms with Gasteiger partial charge >= 0.3 is 0 Å². The molecule has 0 amide bonds. The van der Waals surface area contributed by atoms with Crippen LogP contribution in [0.25, 0.3) is 0 Å². The van der Waals surface area contributed by atoms with Crippen LogP contribution in [0.2, 0.25) is 10.0 Å². The number of hydrogen-bond acceptors (Lipinski definition) is 2. The van der Waals surface area contributed by atoms with Crippen molar-refractivity contribution < 1.29 is 14.2 Å². The molecule has 0 radical (unpaired) electrons. The van der Waals surface area contributed by atoms with Crippen LogP contribution in [-0.2, 0) is 0 Å². The second-order valence-electron chi connectivity index (χ2n) is 4.08.